The maximum Gasteiger partial charge on any atom is 0.420 e. The van der Waals surface area contributed by atoms with E-state index in [1.54, 1.807) is 23.0 Å². The number of hydrogen-bond acceptors (Lipinski definition) is 5. The Labute approximate surface area is 225 Å². The van der Waals surface area contributed by atoms with Gasteiger partial charge in [0.1, 0.15) is 23.8 Å². The van der Waals surface area contributed by atoms with Gasteiger partial charge in [0.2, 0.25) is 0 Å². The first-order valence-corrected chi connectivity index (χ1v) is 12.5. The average molecular weight is 537 g/mol. The molecule has 0 saturated heterocycles. The molecule has 0 bridgehead atoms. The van der Waals surface area contributed by atoms with Crippen LogP contribution in [-0.4, -0.2) is 36.2 Å². The lowest BCUT2D eigenvalue weighted by molar-refractivity contribution is 0.0588. The van der Waals surface area contributed by atoms with Gasteiger partial charge in [-0.25, -0.2) is 24.0 Å². The number of carbonyl (C=O) groups excluding carboxylic acids is 1. The number of amides is 1. The summed E-state index contributed by atoms with van der Waals surface area (Å²) in [4.78, 5) is 19.6. The SMILES string of the molecule is CC1=C(c2ncnn2Cc2ccccc2)[C@@H](c2ccc(Cl)c(Cl)c2)n2nccc2N1C(=O)OC(C)(C)C. The van der Waals surface area contributed by atoms with E-state index in [2.05, 4.69) is 15.2 Å². The fourth-order valence-corrected chi connectivity index (χ4v) is 4.76. The van der Waals surface area contributed by atoms with Crippen LogP contribution < -0.4 is 4.90 Å². The van der Waals surface area contributed by atoms with Crippen molar-refractivity contribution >= 4 is 40.7 Å². The minimum atomic E-state index is -0.684. The summed E-state index contributed by atoms with van der Waals surface area (Å²) in [6, 6.07) is 16.8. The molecule has 0 unspecified atom stereocenters. The van der Waals surface area contributed by atoms with Crippen LogP contribution in [0.25, 0.3) is 5.57 Å². The molecule has 0 spiro atoms. The lowest BCUT2D eigenvalue weighted by Crippen LogP contribution is -2.41. The Morgan fingerprint density at radius 2 is 1.78 bits per heavy atom. The van der Waals surface area contributed by atoms with Crippen LogP contribution in [0, 0.1) is 0 Å². The molecular formula is C27H26Cl2N6O2. The Morgan fingerprint density at radius 1 is 1.03 bits per heavy atom. The molecule has 0 radical (unpaired) electrons. The number of nitrogens with zero attached hydrogens (tertiary/aromatic N) is 6. The molecule has 8 nitrogen and oxygen atoms in total. The molecule has 10 heteroatoms. The van der Waals surface area contributed by atoms with E-state index < -0.39 is 17.7 Å². The van der Waals surface area contributed by atoms with Crippen molar-refractivity contribution in [2.75, 3.05) is 4.90 Å². The van der Waals surface area contributed by atoms with Crippen molar-refractivity contribution in [2.24, 2.45) is 0 Å². The van der Waals surface area contributed by atoms with Crippen LogP contribution in [0.4, 0.5) is 10.6 Å². The molecule has 0 N–H and O–H groups in total. The van der Waals surface area contributed by atoms with E-state index in [0.29, 0.717) is 33.9 Å². The number of hydrogen-bond donors (Lipinski definition) is 0. The third-order valence-electron chi connectivity index (χ3n) is 5.99. The van der Waals surface area contributed by atoms with Crippen LogP contribution in [0.15, 0.2) is 72.8 Å². The minimum Gasteiger partial charge on any atom is -0.443 e. The first kappa shape index (κ1) is 25.0. The molecule has 0 aliphatic carbocycles. The third kappa shape index (κ3) is 4.86. The van der Waals surface area contributed by atoms with E-state index in [-0.39, 0.29) is 0 Å². The number of ether oxygens (including phenoxy) is 1. The smallest absolute Gasteiger partial charge is 0.420 e. The molecule has 4 aromatic rings. The van der Waals surface area contributed by atoms with E-state index >= 15 is 0 Å². The van der Waals surface area contributed by atoms with Gasteiger partial charge in [0.25, 0.3) is 0 Å². The summed E-state index contributed by atoms with van der Waals surface area (Å²) in [6.07, 6.45) is 2.66. The van der Waals surface area contributed by atoms with E-state index in [4.69, 9.17) is 27.9 Å². The number of fused-ring (bicyclic) bond motifs is 1. The predicted molar refractivity (Wildman–Crippen MR) is 144 cm³/mol. The maximum atomic E-state index is 13.5. The molecule has 0 saturated carbocycles. The summed E-state index contributed by atoms with van der Waals surface area (Å²) in [5, 5.41) is 9.99. The van der Waals surface area contributed by atoms with Gasteiger partial charge in [-0.3, -0.25) is 0 Å². The number of halogens is 2. The fraction of sp³-hybridized carbons (Fsp3) is 0.259. The van der Waals surface area contributed by atoms with Crippen molar-refractivity contribution in [3.63, 3.8) is 0 Å². The summed E-state index contributed by atoms with van der Waals surface area (Å²) in [7, 11) is 0. The van der Waals surface area contributed by atoms with Gasteiger partial charge in [0, 0.05) is 17.3 Å². The summed E-state index contributed by atoms with van der Waals surface area (Å²) in [5.41, 5.74) is 2.62. The van der Waals surface area contributed by atoms with Gasteiger partial charge in [-0.05, 0) is 51.0 Å². The molecule has 2 aromatic carbocycles. The number of allylic oxidation sites excluding steroid dienone is 2. The van der Waals surface area contributed by atoms with Crippen LogP contribution in [0.2, 0.25) is 10.0 Å². The Kier molecular flexibility index (Phi) is 6.56. The highest BCUT2D eigenvalue weighted by Gasteiger charge is 2.39. The molecule has 37 heavy (non-hydrogen) atoms. The molecular weight excluding hydrogens is 511 g/mol. The van der Waals surface area contributed by atoms with E-state index in [0.717, 1.165) is 16.7 Å². The van der Waals surface area contributed by atoms with Crippen molar-refractivity contribution in [1.82, 2.24) is 24.5 Å². The first-order chi connectivity index (χ1) is 17.6. The van der Waals surface area contributed by atoms with E-state index in [9.17, 15) is 4.79 Å². The zero-order valence-electron chi connectivity index (χ0n) is 20.9. The van der Waals surface area contributed by atoms with Gasteiger partial charge in [-0.2, -0.15) is 10.2 Å². The molecule has 2 aromatic heterocycles. The molecule has 3 heterocycles. The van der Waals surface area contributed by atoms with Gasteiger partial charge < -0.3 is 4.74 Å². The molecule has 0 fully saturated rings. The second kappa shape index (κ2) is 9.68. The number of anilines is 1. The standard InChI is InChI=1S/C27H26Cl2N6O2/c1-17-23(25-30-16-32-33(25)15-18-8-6-5-7-9-18)24(19-10-11-20(28)21(29)14-19)35-22(12-13-31-35)34(17)26(36)37-27(2,3)4/h5-14,16,24H,15H2,1-4H3/t24-/m1/s1. The fourth-order valence-electron chi connectivity index (χ4n) is 4.45. The maximum absolute atomic E-state index is 13.5. The summed E-state index contributed by atoms with van der Waals surface area (Å²) in [6.45, 7) is 7.88. The zero-order chi connectivity index (χ0) is 26.3. The Hall–Kier alpha value is -3.62. The number of aromatic nitrogens is 5. The summed E-state index contributed by atoms with van der Waals surface area (Å²) >= 11 is 12.7. The molecule has 1 aliphatic rings. The average Bonchev–Trinajstić information content (AvgIpc) is 3.49. The van der Waals surface area contributed by atoms with E-state index in [1.807, 2.05) is 74.8 Å². The van der Waals surface area contributed by atoms with Gasteiger partial charge >= 0.3 is 6.09 Å². The second-order valence-corrected chi connectivity index (χ2v) is 10.6. The molecule has 190 valence electrons. The molecule has 1 amide bonds. The Morgan fingerprint density at radius 3 is 2.49 bits per heavy atom. The third-order valence-corrected chi connectivity index (χ3v) is 6.73. The van der Waals surface area contributed by atoms with Crippen LogP contribution in [-0.2, 0) is 11.3 Å². The lowest BCUT2D eigenvalue weighted by atomic mass is 9.94. The Bertz CT molecular complexity index is 1490. The minimum absolute atomic E-state index is 0.421. The van der Waals surface area contributed by atoms with Crippen LogP contribution in [0.1, 0.15) is 50.7 Å². The van der Waals surface area contributed by atoms with E-state index in [1.165, 1.54) is 11.2 Å². The zero-order valence-corrected chi connectivity index (χ0v) is 22.4. The van der Waals surface area contributed by atoms with Crippen molar-refractivity contribution in [3.05, 3.63) is 99.8 Å². The van der Waals surface area contributed by atoms with Gasteiger partial charge in [0.05, 0.1) is 22.8 Å². The molecule has 1 aliphatic heterocycles. The summed E-state index contributed by atoms with van der Waals surface area (Å²) < 4.78 is 9.36. The van der Waals surface area contributed by atoms with Crippen molar-refractivity contribution in [2.45, 2.75) is 45.9 Å². The topological polar surface area (TPSA) is 78.1 Å². The first-order valence-electron chi connectivity index (χ1n) is 11.8. The predicted octanol–water partition coefficient (Wildman–Crippen LogP) is 6.61. The highest BCUT2D eigenvalue weighted by Crippen LogP contribution is 2.44. The van der Waals surface area contributed by atoms with Gasteiger partial charge in [0.15, 0.2) is 5.82 Å². The van der Waals surface area contributed by atoms with Crippen LogP contribution in [0.5, 0.6) is 0 Å². The van der Waals surface area contributed by atoms with Crippen LogP contribution >= 0.6 is 23.2 Å². The lowest BCUT2D eigenvalue weighted by Gasteiger charge is -2.36. The second-order valence-electron chi connectivity index (χ2n) is 9.75. The van der Waals surface area contributed by atoms with Crippen molar-refractivity contribution in [1.29, 1.82) is 0 Å². The van der Waals surface area contributed by atoms with Crippen molar-refractivity contribution < 1.29 is 9.53 Å². The van der Waals surface area contributed by atoms with Gasteiger partial charge in [-0.15, -0.1) is 0 Å². The Balaban J connectivity index is 1.71. The highest BCUT2D eigenvalue weighted by atomic mass is 35.5. The van der Waals surface area contributed by atoms with Gasteiger partial charge in [-0.1, -0.05) is 59.6 Å². The van der Waals surface area contributed by atoms with Crippen LogP contribution in [0.3, 0.4) is 0 Å². The highest BCUT2D eigenvalue weighted by molar-refractivity contribution is 6.42. The molecule has 1 atom stereocenters. The number of carbonyl (C=O) groups is 1. The van der Waals surface area contributed by atoms with Crippen molar-refractivity contribution in [3.8, 4) is 0 Å². The normalized spacial score (nSPS) is 15.6. The number of benzene rings is 2. The number of rotatable bonds is 4. The summed E-state index contributed by atoms with van der Waals surface area (Å²) in [5.74, 6) is 1.17. The largest absolute Gasteiger partial charge is 0.443 e. The monoisotopic (exact) mass is 536 g/mol. The quantitative estimate of drug-likeness (QED) is 0.293. The molecule has 5 rings (SSSR count).